The zero-order valence-electron chi connectivity index (χ0n) is 9.45. The molecule has 0 unspecified atom stereocenters. The minimum atomic E-state index is -1.42. The highest BCUT2D eigenvalue weighted by Gasteiger charge is 2.25. The summed E-state index contributed by atoms with van der Waals surface area (Å²) in [7, 11) is 0.326. The summed E-state index contributed by atoms with van der Waals surface area (Å²) in [5.41, 5.74) is 1.25. The predicted molar refractivity (Wildman–Crippen MR) is 63.2 cm³/mol. The molecule has 0 aromatic rings. The Labute approximate surface area is 87.6 Å². The number of rotatable bonds is 3. The van der Waals surface area contributed by atoms with E-state index >= 15 is 0 Å². The summed E-state index contributed by atoms with van der Waals surface area (Å²) in [5.74, 6) is 0. The normalized spacial score (nSPS) is 16.4. The molecule has 0 aliphatic heterocycles. The van der Waals surface area contributed by atoms with Crippen molar-refractivity contribution in [2.75, 3.05) is 7.11 Å². The lowest BCUT2D eigenvalue weighted by atomic mass is 10.3. The van der Waals surface area contributed by atoms with Crippen LogP contribution < -0.4 is 0 Å². The van der Waals surface area contributed by atoms with Crippen LogP contribution in [0.5, 0.6) is 0 Å². The second-order valence-corrected chi connectivity index (χ2v) is 9.07. The van der Waals surface area contributed by atoms with Crippen molar-refractivity contribution in [2.45, 2.75) is 26.1 Å². The van der Waals surface area contributed by atoms with Crippen molar-refractivity contribution in [3.63, 3.8) is 0 Å². The Bertz CT molecular complexity index is 274. The Kier molecular flexibility index (Phi) is 3.72. The van der Waals surface area contributed by atoms with Gasteiger partial charge in [0.25, 0.3) is 0 Å². The Balaban J connectivity index is 2.84. The molecule has 0 radical (unpaired) electrons. The van der Waals surface area contributed by atoms with E-state index in [1.807, 2.05) is 6.08 Å². The molecule has 14 heavy (non-hydrogen) atoms. The number of hydrogen-bond donors (Lipinski definition) is 0. The lowest BCUT2D eigenvalue weighted by molar-refractivity contribution is -0.0318. The average molecular weight is 209 g/mol. The van der Waals surface area contributed by atoms with Gasteiger partial charge in [0, 0.05) is 12.1 Å². The third kappa shape index (κ3) is 2.85. The Hall–Kier alpha value is -0.803. The van der Waals surface area contributed by atoms with Crippen molar-refractivity contribution < 1.29 is 4.84 Å². The molecule has 0 bridgehead atoms. The van der Waals surface area contributed by atoms with Crippen LogP contribution in [-0.2, 0) is 4.84 Å². The molecule has 0 saturated carbocycles. The van der Waals surface area contributed by atoms with Gasteiger partial charge in [-0.05, 0) is 25.7 Å². The molecular weight excluding hydrogens is 190 g/mol. The van der Waals surface area contributed by atoms with Gasteiger partial charge in [0.15, 0.2) is 8.24 Å². The topological polar surface area (TPSA) is 12.5 Å². The van der Waals surface area contributed by atoms with Crippen molar-refractivity contribution in [2.24, 2.45) is 0 Å². The maximum absolute atomic E-state index is 5.47. The van der Waals surface area contributed by atoms with Gasteiger partial charge in [-0.1, -0.05) is 24.3 Å². The van der Waals surface area contributed by atoms with Gasteiger partial charge < -0.3 is 0 Å². The van der Waals surface area contributed by atoms with Gasteiger partial charge >= 0.3 is 0 Å². The highest BCUT2D eigenvalue weighted by Crippen LogP contribution is 2.20. The maximum atomic E-state index is 5.47. The second kappa shape index (κ2) is 4.62. The third-order valence-electron chi connectivity index (χ3n) is 2.03. The first-order chi connectivity index (χ1) is 6.55. The van der Waals surface area contributed by atoms with Gasteiger partial charge in [-0.2, -0.15) is 0 Å². The summed E-state index contributed by atoms with van der Waals surface area (Å²) in [6, 6.07) is 0. The molecule has 0 saturated heterocycles. The fourth-order valence-corrected chi connectivity index (χ4v) is 3.11. The smallest absolute Gasteiger partial charge is 0.181 e. The van der Waals surface area contributed by atoms with Gasteiger partial charge in [-0.3, -0.25) is 9.57 Å². The SMILES string of the molecule is CON(C1=CC=CC=CC1)[Si](C)(C)C. The van der Waals surface area contributed by atoms with E-state index in [0.29, 0.717) is 0 Å². The standard InChI is InChI=1S/C11H19NOSi/c1-13-12(14(2,3)4)11-9-7-5-6-8-10-11/h5-9H,10H2,1-4H3. The van der Waals surface area contributed by atoms with Crippen LogP contribution in [0.4, 0.5) is 0 Å². The third-order valence-corrected chi connectivity index (χ3v) is 3.71. The van der Waals surface area contributed by atoms with E-state index in [-0.39, 0.29) is 0 Å². The molecule has 0 heterocycles. The Morgan fingerprint density at radius 3 is 2.50 bits per heavy atom. The monoisotopic (exact) mass is 209 g/mol. The zero-order chi connectivity index (χ0) is 10.6. The van der Waals surface area contributed by atoms with Gasteiger partial charge in [-0.25, -0.2) is 0 Å². The largest absolute Gasteiger partial charge is 0.289 e. The lowest BCUT2D eigenvalue weighted by Crippen LogP contribution is -2.44. The maximum Gasteiger partial charge on any atom is 0.181 e. The van der Waals surface area contributed by atoms with Crippen molar-refractivity contribution >= 4 is 8.24 Å². The first-order valence-corrected chi connectivity index (χ1v) is 8.37. The van der Waals surface area contributed by atoms with Gasteiger partial charge in [0.2, 0.25) is 0 Å². The average Bonchev–Trinajstić information content (AvgIpc) is 2.31. The van der Waals surface area contributed by atoms with Crippen LogP contribution in [0.2, 0.25) is 19.6 Å². The van der Waals surface area contributed by atoms with Gasteiger partial charge in [-0.15, -0.1) is 0 Å². The molecular formula is C11H19NOSi. The number of hydrogen-bond acceptors (Lipinski definition) is 2. The van der Waals surface area contributed by atoms with Gasteiger partial charge in [0.1, 0.15) is 0 Å². The van der Waals surface area contributed by atoms with E-state index in [1.165, 1.54) is 5.70 Å². The van der Waals surface area contributed by atoms with Crippen LogP contribution in [0.3, 0.4) is 0 Å². The van der Waals surface area contributed by atoms with E-state index in [4.69, 9.17) is 4.84 Å². The Morgan fingerprint density at radius 1 is 1.21 bits per heavy atom. The van der Waals surface area contributed by atoms with E-state index in [0.717, 1.165) is 6.42 Å². The molecule has 0 spiro atoms. The molecule has 1 rings (SSSR count). The van der Waals surface area contributed by atoms with Crippen LogP contribution in [0, 0.1) is 0 Å². The van der Waals surface area contributed by atoms with E-state index in [1.54, 1.807) is 7.11 Å². The fourth-order valence-electron chi connectivity index (χ4n) is 1.54. The van der Waals surface area contributed by atoms with Gasteiger partial charge in [0.05, 0.1) is 7.11 Å². The summed E-state index contributed by atoms with van der Waals surface area (Å²) < 4.78 is 2.09. The molecule has 1 aliphatic rings. The first-order valence-electron chi connectivity index (χ1n) is 4.92. The van der Waals surface area contributed by atoms with Crippen LogP contribution in [0.1, 0.15) is 6.42 Å². The molecule has 1 aliphatic carbocycles. The fraction of sp³-hybridized carbons (Fsp3) is 0.455. The molecule has 0 N–H and O–H groups in total. The van der Waals surface area contributed by atoms with Crippen molar-refractivity contribution in [3.05, 3.63) is 36.1 Å². The highest BCUT2D eigenvalue weighted by atomic mass is 28.3. The summed E-state index contributed by atoms with van der Waals surface area (Å²) in [6.45, 7) is 6.82. The molecule has 3 heteroatoms. The molecule has 0 aromatic heterocycles. The summed E-state index contributed by atoms with van der Waals surface area (Å²) in [4.78, 5) is 5.47. The highest BCUT2D eigenvalue weighted by molar-refractivity contribution is 6.73. The summed E-state index contributed by atoms with van der Waals surface area (Å²) in [6.07, 6.45) is 11.4. The molecule has 0 aromatic carbocycles. The molecule has 0 fully saturated rings. The summed E-state index contributed by atoms with van der Waals surface area (Å²) >= 11 is 0. The van der Waals surface area contributed by atoms with Crippen LogP contribution in [-0.4, -0.2) is 20.1 Å². The van der Waals surface area contributed by atoms with Crippen molar-refractivity contribution in [1.82, 2.24) is 4.73 Å². The second-order valence-electron chi connectivity index (χ2n) is 4.32. The first kappa shape index (κ1) is 11.3. The molecule has 2 nitrogen and oxygen atoms in total. The van der Waals surface area contributed by atoms with E-state index in [2.05, 4.69) is 48.7 Å². The zero-order valence-corrected chi connectivity index (χ0v) is 10.4. The molecule has 0 amide bonds. The van der Waals surface area contributed by atoms with E-state index in [9.17, 15) is 0 Å². The Morgan fingerprint density at radius 2 is 1.93 bits per heavy atom. The number of allylic oxidation sites excluding steroid dienone is 5. The van der Waals surface area contributed by atoms with Crippen molar-refractivity contribution in [1.29, 1.82) is 0 Å². The van der Waals surface area contributed by atoms with Crippen LogP contribution in [0.25, 0.3) is 0 Å². The number of nitrogens with zero attached hydrogens (tertiary/aromatic N) is 1. The predicted octanol–water partition coefficient (Wildman–Crippen LogP) is 3.08. The molecule has 0 atom stereocenters. The minimum Gasteiger partial charge on any atom is -0.289 e. The van der Waals surface area contributed by atoms with Crippen LogP contribution in [0.15, 0.2) is 36.1 Å². The van der Waals surface area contributed by atoms with Crippen molar-refractivity contribution in [3.8, 4) is 0 Å². The van der Waals surface area contributed by atoms with E-state index < -0.39 is 8.24 Å². The number of hydroxylamine groups is 1. The molecule has 78 valence electrons. The lowest BCUT2D eigenvalue weighted by Gasteiger charge is -2.35. The van der Waals surface area contributed by atoms with Crippen LogP contribution >= 0.6 is 0 Å². The quantitative estimate of drug-likeness (QED) is 0.523. The minimum absolute atomic E-state index is 0.950. The summed E-state index contributed by atoms with van der Waals surface area (Å²) in [5, 5.41) is 0.